The molecule has 4 rings (SSSR count). The first kappa shape index (κ1) is 11.8. The molecule has 2 aliphatic rings. The van der Waals surface area contributed by atoms with E-state index < -0.39 is 0 Å². The third-order valence-electron chi connectivity index (χ3n) is 4.02. The number of carbonyl (C=O) groups excluding carboxylic acids is 1. The van der Waals surface area contributed by atoms with Crippen LogP contribution in [0.2, 0.25) is 5.02 Å². The summed E-state index contributed by atoms with van der Waals surface area (Å²) in [5.74, 6) is 0.816. The van der Waals surface area contributed by atoms with Crippen LogP contribution in [0.15, 0.2) is 42.5 Å². The van der Waals surface area contributed by atoms with Crippen molar-refractivity contribution in [2.75, 3.05) is 0 Å². The van der Waals surface area contributed by atoms with Gasteiger partial charge in [0.2, 0.25) is 6.23 Å². The van der Waals surface area contributed by atoms with Crippen molar-refractivity contribution in [3.8, 4) is 5.75 Å². The van der Waals surface area contributed by atoms with E-state index in [2.05, 4.69) is 0 Å². The normalized spacial score (nSPS) is 22.9. The second-order valence-corrected chi connectivity index (χ2v) is 5.56. The molecule has 0 saturated heterocycles. The van der Waals surface area contributed by atoms with Gasteiger partial charge in [0.1, 0.15) is 5.75 Å². The van der Waals surface area contributed by atoms with Crippen LogP contribution in [0.3, 0.4) is 0 Å². The third-order valence-corrected chi connectivity index (χ3v) is 4.26. The molecule has 20 heavy (non-hydrogen) atoms. The first-order valence-corrected chi connectivity index (χ1v) is 6.92. The molecule has 0 saturated carbocycles. The SMILES string of the molecule is C[C@H]1c2cc(Cl)ccc2O[C@H]2c3ccccc3C(=O)N12. The van der Waals surface area contributed by atoms with Crippen LogP contribution in [-0.2, 0) is 0 Å². The Morgan fingerprint density at radius 1 is 1.15 bits per heavy atom. The minimum absolute atomic E-state index is 0.0173. The van der Waals surface area contributed by atoms with Crippen molar-refractivity contribution in [1.29, 1.82) is 0 Å². The van der Waals surface area contributed by atoms with Crippen molar-refractivity contribution in [1.82, 2.24) is 4.90 Å². The molecule has 4 heteroatoms. The highest BCUT2D eigenvalue weighted by atomic mass is 35.5. The monoisotopic (exact) mass is 285 g/mol. The number of amides is 1. The Balaban J connectivity index is 1.89. The molecule has 0 radical (unpaired) electrons. The maximum atomic E-state index is 12.5. The van der Waals surface area contributed by atoms with Crippen LogP contribution in [0, 0.1) is 0 Å². The Hall–Kier alpha value is -2.00. The Morgan fingerprint density at radius 2 is 1.95 bits per heavy atom. The lowest BCUT2D eigenvalue weighted by molar-refractivity contribution is -0.00180. The van der Waals surface area contributed by atoms with E-state index in [1.165, 1.54) is 0 Å². The number of carbonyl (C=O) groups is 1. The van der Waals surface area contributed by atoms with E-state index in [4.69, 9.17) is 16.3 Å². The maximum Gasteiger partial charge on any atom is 0.257 e. The molecule has 2 atom stereocenters. The molecule has 2 aromatic carbocycles. The molecule has 0 aliphatic carbocycles. The van der Waals surface area contributed by atoms with Crippen molar-refractivity contribution in [2.45, 2.75) is 19.2 Å². The van der Waals surface area contributed by atoms with Gasteiger partial charge in [-0.25, -0.2) is 0 Å². The van der Waals surface area contributed by atoms with Crippen molar-refractivity contribution in [3.63, 3.8) is 0 Å². The van der Waals surface area contributed by atoms with Crippen molar-refractivity contribution in [2.24, 2.45) is 0 Å². The average Bonchev–Trinajstić information content (AvgIpc) is 2.74. The summed E-state index contributed by atoms with van der Waals surface area (Å²) in [6.45, 7) is 2.01. The highest BCUT2D eigenvalue weighted by Gasteiger charge is 2.44. The third kappa shape index (κ3) is 1.44. The topological polar surface area (TPSA) is 29.5 Å². The Bertz CT molecular complexity index is 728. The fourth-order valence-corrected chi connectivity index (χ4v) is 3.21. The number of hydrogen-bond donors (Lipinski definition) is 0. The summed E-state index contributed by atoms with van der Waals surface area (Å²) in [6, 6.07) is 13.1. The van der Waals surface area contributed by atoms with Gasteiger partial charge in [-0.15, -0.1) is 0 Å². The van der Waals surface area contributed by atoms with Gasteiger partial charge in [0.25, 0.3) is 5.91 Å². The molecule has 0 fully saturated rings. The summed E-state index contributed by atoms with van der Waals surface area (Å²) in [7, 11) is 0. The second kappa shape index (κ2) is 4.00. The summed E-state index contributed by atoms with van der Waals surface area (Å²) in [5.41, 5.74) is 2.61. The molecule has 0 aromatic heterocycles. The van der Waals surface area contributed by atoms with Gasteiger partial charge in [-0.3, -0.25) is 9.69 Å². The van der Waals surface area contributed by atoms with E-state index in [-0.39, 0.29) is 18.2 Å². The predicted molar refractivity (Wildman–Crippen MR) is 75.8 cm³/mol. The van der Waals surface area contributed by atoms with Crippen molar-refractivity contribution >= 4 is 17.5 Å². The lowest BCUT2D eigenvalue weighted by atomic mass is 10.0. The molecule has 0 N–H and O–H groups in total. The fourth-order valence-electron chi connectivity index (χ4n) is 3.03. The number of fused-ring (bicyclic) bond motifs is 4. The van der Waals surface area contributed by atoms with E-state index in [0.29, 0.717) is 5.02 Å². The first-order valence-electron chi connectivity index (χ1n) is 6.54. The lowest BCUT2D eigenvalue weighted by Crippen LogP contribution is -2.37. The quantitative estimate of drug-likeness (QED) is 0.733. The number of ether oxygens (including phenoxy) is 1. The Labute approximate surface area is 121 Å². The van der Waals surface area contributed by atoms with Crippen LogP contribution in [0.1, 0.15) is 40.7 Å². The summed E-state index contributed by atoms with van der Waals surface area (Å²) < 4.78 is 6.02. The highest BCUT2D eigenvalue weighted by molar-refractivity contribution is 6.30. The molecule has 3 nitrogen and oxygen atoms in total. The van der Waals surface area contributed by atoms with Gasteiger partial charge >= 0.3 is 0 Å². The fraction of sp³-hybridized carbons (Fsp3) is 0.188. The van der Waals surface area contributed by atoms with Crippen LogP contribution >= 0.6 is 11.6 Å². The van der Waals surface area contributed by atoms with Gasteiger partial charge in [0, 0.05) is 21.7 Å². The van der Waals surface area contributed by atoms with E-state index in [1.54, 1.807) is 4.90 Å². The summed E-state index contributed by atoms with van der Waals surface area (Å²) >= 11 is 6.05. The molecule has 100 valence electrons. The molecule has 2 aromatic rings. The van der Waals surface area contributed by atoms with Gasteiger partial charge in [0.05, 0.1) is 6.04 Å². The second-order valence-electron chi connectivity index (χ2n) is 5.13. The Morgan fingerprint density at radius 3 is 2.80 bits per heavy atom. The highest BCUT2D eigenvalue weighted by Crippen LogP contribution is 2.47. The van der Waals surface area contributed by atoms with Gasteiger partial charge in [-0.05, 0) is 31.2 Å². The van der Waals surface area contributed by atoms with Crippen LogP contribution in [0.4, 0.5) is 0 Å². The molecule has 0 spiro atoms. The summed E-state index contributed by atoms with van der Waals surface area (Å²) in [6.07, 6.45) is -0.331. The minimum atomic E-state index is -0.331. The molecule has 0 bridgehead atoms. The van der Waals surface area contributed by atoms with Crippen LogP contribution in [-0.4, -0.2) is 10.8 Å². The van der Waals surface area contributed by atoms with E-state index >= 15 is 0 Å². The van der Waals surface area contributed by atoms with Crippen LogP contribution in [0.5, 0.6) is 5.75 Å². The Kier molecular flexibility index (Phi) is 2.36. The molecule has 2 heterocycles. The largest absolute Gasteiger partial charge is 0.466 e. The molecule has 1 amide bonds. The van der Waals surface area contributed by atoms with Gasteiger partial charge in [-0.2, -0.15) is 0 Å². The van der Waals surface area contributed by atoms with Crippen molar-refractivity contribution < 1.29 is 9.53 Å². The van der Waals surface area contributed by atoms with E-state index in [0.717, 1.165) is 22.4 Å². The number of halogens is 1. The number of hydrogen-bond acceptors (Lipinski definition) is 2. The summed E-state index contributed by atoms with van der Waals surface area (Å²) in [4.78, 5) is 14.3. The zero-order valence-electron chi connectivity index (χ0n) is 10.8. The molecule has 0 unspecified atom stereocenters. The predicted octanol–water partition coefficient (Wildman–Crippen LogP) is 3.95. The maximum absolute atomic E-state index is 12.5. The zero-order valence-corrected chi connectivity index (χ0v) is 11.6. The van der Waals surface area contributed by atoms with Gasteiger partial charge in [0.15, 0.2) is 0 Å². The minimum Gasteiger partial charge on any atom is -0.466 e. The van der Waals surface area contributed by atoms with E-state index in [1.807, 2.05) is 49.4 Å². The lowest BCUT2D eigenvalue weighted by Gasteiger charge is -2.37. The number of rotatable bonds is 0. The average molecular weight is 286 g/mol. The van der Waals surface area contributed by atoms with E-state index in [9.17, 15) is 4.79 Å². The number of nitrogens with zero attached hydrogens (tertiary/aromatic N) is 1. The van der Waals surface area contributed by atoms with Crippen molar-refractivity contribution in [3.05, 3.63) is 64.2 Å². The molecule has 2 aliphatic heterocycles. The molecular formula is C16H12ClNO2. The summed E-state index contributed by atoms with van der Waals surface area (Å²) in [5, 5.41) is 0.654. The van der Waals surface area contributed by atoms with Crippen LogP contribution < -0.4 is 4.74 Å². The zero-order chi connectivity index (χ0) is 13.9. The standard InChI is InChI=1S/C16H12ClNO2/c1-9-13-8-10(17)6-7-14(13)20-16-12-5-3-2-4-11(12)15(19)18(9)16/h2-9,16H,1H3/t9-,16-/m0/s1. The smallest absolute Gasteiger partial charge is 0.257 e. The van der Waals surface area contributed by atoms with Gasteiger partial charge in [-0.1, -0.05) is 29.8 Å². The first-order chi connectivity index (χ1) is 9.66. The van der Waals surface area contributed by atoms with Crippen LogP contribution in [0.25, 0.3) is 0 Å². The molecular weight excluding hydrogens is 274 g/mol. The van der Waals surface area contributed by atoms with Gasteiger partial charge < -0.3 is 4.74 Å². The number of benzene rings is 2.